The number of unbranched alkanes of at least 4 members (excludes halogenated alkanes) is 48. The van der Waals surface area contributed by atoms with Gasteiger partial charge >= 0.3 is 5.97 Å². The van der Waals surface area contributed by atoms with Crippen molar-refractivity contribution in [2.24, 2.45) is 0 Å². The summed E-state index contributed by atoms with van der Waals surface area (Å²) in [5, 5.41) is 23.4. The smallest absolute Gasteiger partial charge is 0.305 e. The van der Waals surface area contributed by atoms with E-state index in [9.17, 15) is 19.8 Å². The van der Waals surface area contributed by atoms with Gasteiger partial charge in [-0.2, -0.15) is 0 Å². The number of aliphatic hydroxyl groups excluding tert-OH is 2. The predicted octanol–water partition coefficient (Wildman–Crippen LogP) is 20.4. The van der Waals surface area contributed by atoms with E-state index in [1.807, 2.05) is 0 Å². The van der Waals surface area contributed by atoms with E-state index in [2.05, 4.69) is 31.3 Å². The first-order valence-electron chi connectivity index (χ1n) is 32.4. The van der Waals surface area contributed by atoms with Crippen LogP contribution in [0.25, 0.3) is 0 Å². The van der Waals surface area contributed by atoms with E-state index in [4.69, 9.17) is 4.74 Å². The Morgan fingerprint density at radius 2 is 0.662 bits per heavy atom. The zero-order valence-corrected chi connectivity index (χ0v) is 48.2. The van der Waals surface area contributed by atoms with Gasteiger partial charge in [0.25, 0.3) is 0 Å². The van der Waals surface area contributed by atoms with Gasteiger partial charge in [0, 0.05) is 12.8 Å². The zero-order valence-electron chi connectivity index (χ0n) is 48.2. The number of nitrogens with one attached hydrogen (secondary N) is 1. The Morgan fingerprint density at radius 1 is 0.380 bits per heavy atom. The lowest BCUT2D eigenvalue weighted by molar-refractivity contribution is -0.143. The number of rotatable bonds is 61. The molecule has 0 aromatic heterocycles. The Labute approximate surface area is 444 Å². The number of amides is 1. The van der Waals surface area contributed by atoms with Crippen molar-refractivity contribution < 1.29 is 24.5 Å². The van der Waals surface area contributed by atoms with Crippen molar-refractivity contribution in [3.8, 4) is 0 Å². The average molecular weight is 1000 g/mol. The lowest BCUT2D eigenvalue weighted by Crippen LogP contribution is -2.45. The van der Waals surface area contributed by atoms with Crippen molar-refractivity contribution in [3.05, 3.63) is 12.2 Å². The van der Waals surface area contributed by atoms with Gasteiger partial charge < -0.3 is 20.3 Å². The molecule has 0 fully saturated rings. The normalized spacial score (nSPS) is 12.6. The fourth-order valence-electron chi connectivity index (χ4n) is 10.3. The minimum absolute atomic E-state index is 0.00342. The van der Waals surface area contributed by atoms with Crippen LogP contribution in [0.5, 0.6) is 0 Å². The van der Waals surface area contributed by atoms with E-state index >= 15 is 0 Å². The molecule has 2 unspecified atom stereocenters. The Kier molecular flexibility index (Phi) is 59.9. The molecule has 6 nitrogen and oxygen atoms in total. The molecule has 71 heavy (non-hydrogen) atoms. The zero-order chi connectivity index (χ0) is 51.4. The van der Waals surface area contributed by atoms with E-state index in [1.165, 1.54) is 289 Å². The topological polar surface area (TPSA) is 95.9 Å². The second-order valence-electron chi connectivity index (χ2n) is 22.5. The minimum atomic E-state index is -0.670. The molecule has 0 spiro atoms. The minimum Gasteiger partial charge on any atom is -0.466 e. The van der Waals surface area contributed by atoms with Gasteiger partial charge in [-0.3, -0.25) is 9.59 Å². The van der Waals surface area contributed by atoms with Crippen LogP contribution in [0, 0.1) is 0 Å². The Morgan fingerprint density at radius 3 is 1.00 bits per heavy atom. The highest BCUT2D eigenvalue weighted by molar-refractivity contribution is 5.76. The molecule has 0 saturated heterocycles. The fourth-order valence-corrected chi connectivity index (χ4v) is 10.3. The van der Waals surface area contributed by atoms with Gasteiger partial charge in [-0.1, -0.05) is 315 Å². The number of allylic oxidation sites excluding steroid dienone is 2. The lowest BCUT2D eigenvalue weighted by Gasteiger charge is -2.22. The molecule has 0 aliphatic heterocycles. The van der Waals surface area contributed by atoms with Crippen LogP contribution in [-0.2, 0) is 14.3 Å². The molecule has 0 aromatic carbocycles. The monoisotopic (exact) mass is 1000 g/mol. The van der Waals surface area contributed by atoms with Crippen LogP contribution < -0.4 is 5.32 Å². The van der Waals surface area contributed by atoms with E-state index in [0.29, 0.717) is 25.9 Å². The molecule has 6 heteroatoms. The standard InChI is InChI=1S/C65H127NO5/c1-3-5-7-9-11-13-15-17-19-20-21-22-23-24-25-26-30-33-37-41-45-49-53-57-63(68)62(61-67)66-64(69)58-54-50-46-42-38-34-31-27-28-32-36-40-44-48-52-56-60-71-65(70)59-55-51-47-43-39-35-29-18-16-14-12-10-8-6-4-2/h18,29,62-63,67-68H,3-17,19-28,30-61H2,1-2H3,(H,66,69)/b29-18-. The van der Waals surface area contributed by atoms with Crippen LogP contribution in [0.2, 0.25) is 0 Å². The molecule has 0 bridgehead atoms. The van der Waals surface area contributed by atoms with Crippen LogP contribution in [0.4, 0.5) is 0 Å². The largest absolute Gasteiger partial charge is 0.466 e. The third-order valence-electron chi connectivity index (χ3n) is 15.3. The average Bonchev–Trinajstić information content (AvgIpc) is 3.37. The maximum Gasteiger partial charge on any atom is 0.305 e. The summed E-state index contributed by atoms with van der Waals surface area (Å²) in [6.07, 6.45) is 73.6. The van der Waals surface area contributed by atoms with Gasteiger partial charge in [0.15, 0.2) is 0 Å². The number of esters is 1. The highest BCUT2D eigenvalue weighted by Gasteiger charge is 2.20. The molecule has 0 aromatic rings. The summed E-state index contributed by atoms with van der Waals surface area (Å²) in [6, 6.07) is -0.547. The highest BCUT2D eigenvalue weighted by atomic mass is 16.5. The van der Waals surface area contributed by atoms with Gasteiger partial charge in [0.1, 0.15) is 0 Å². The Bertz CT molecular complexity index is 1060. The Hall–Kier alpha value is -1.40. The van der Waals surface area contributed by atoms with E-state index in [-0.39, 0.29) is 18.5 Å². The van der Waals surface area contributed by atoms with Crippen molar-refractivity contribution in [2.75, 3.05) is 13.2 Å². The molecule has 3 N–H and O–H groups in total. The highest BCUT2D eigenvalue weighted by Crippen LogP contribution is 2.18. The fraction of sp³-hybridized carbons (Fsp3) is 0.938. The third-order valence-corrected chi connectivity index (χ3v) is 15.3. The van der Waals surface area contributed by atoms with Crippen LogP contribution in [0.3, 0.4) is 0 Å². The number of hydrogen-bond acceptors (Lipinski definition) is 5. The number of aliphatic hydroxyl groups is 2. The van der Waals surface area contributed by atoms with E-state index in [0.717, 1.165) is 44.9 Å². The maximum atomic E-state index is 12.5. The van der Waals surface area contributed by atoms with Crippen LogP contribution in [-0.4, -0.2) is 47.4 Å². The molecule has 0 rings (SSSR count). The maximum absolute atomic E-state index is 12.5. The summed E-state index contributed by atoms with van der Waals surface area (Å²) in [5.41, 5.74) is 0. The van der Waals surface area contributed by atoms with Crippen LogP contribution in [0.15, 0.2) is 12.2 Å². The van der Waals surface area contributed by atoms with Crippen LogP contribution >= 0.6 is 0 Å². The van der Waals surface area contributed by atoms with E-state index in [1.54, 1.807) is 0 Å². The van der Waals surface area contributed by atoms with Crippen molar-refractivity contribution in [1.82, 2.24) is 5.32 Å². The lowest BCUT2D eigenvalue weighted by atomic mass is 10.0. The van der Waals surface area contributed by atoms with Gasteiger partial charge in [0.05, 0.1) is 25.4 Å². The summed E-state index contributed by atoms with van der Waals surface area (Å²) in [4.78, 5) is 24.6. The molecule has 0 aliphatic rings. The quantitative estimate of drug-likeness (QED) is 0.0320. The first kappa shape index (κ1) is 69.6. The number of carbonyl (C=O) groups excluding carboxylic acids is 2. The van der Waals surface area contributed by atoms with Crippen molar-refractivity contribution >= 4 is 11.9 Å². The third kappa shape index (κ3) is 57.7. The molecule has 0 heterocycles. The number of ether oxygens (including phenoxy) is 1. The molecule has 0 aliphatic carbocycles. The first-order chi connectivity index (χ1) is 35.0. The Balaban J connectivity index is 3.41. The number of carbonyl (C=O) groups is 2. The van der Waals surface area contributed by atoms with Crippen molar-refractivity contribution in [1.29, 1.82) is 0 Å². The van der Waals surface area contributed by atoms with Crippen LogP contribution in [0.1, 0.15) is 367 Å². The molecule has 2 atom stereocenters. The molecule has 0 radical (unpaired) electrons. The molecule has 1 amide bonds. The summed E-state index contributed by atoms with van der Waals surface area (Å²) in [7, 11) is 0. The molecule has 0 saturated carbocycles. The van der Waals surface area contributed by atoms with Gasteiger partial charge in [-0.25, -0.2) is 0 Å². The summed E-state index contributed by atoms with van der Waals surface area (Å²) < 4.78 is 5.48. The summed E-state index contributed by atoms with van der Waals surface area (Å²) >= 11 is 0. The van der Waals surface area contributed by atoms with Gasteiger partial charge in [-0.15, -0.1) is 0 Å². The van der Waals surface area contributed by atoms with E-state index < -0.39 is 12.1 Å². The van der Waals surface area contributed by atoms with Gasteiger partial charge in [-0.05, 0) is 51.4 Å². The summed E-state index contributed by atoms with van der Waals surface area (Å²) in [6.45, 7) is 4.96. The number of hydrogen-bond donors (Lipinski definition) is 3. The summed E-state index contributed by atoms with van der Waals surface area (Å²) in [5.74, 6) is -0.0409. The second kappa shape index (κ2) is 61.1. The first-order valence-corrected chi connectivity index (χ1v) is 32.4. The SMILES string of the molecule is CCCCCCCC/C=C\CCCCCCCC(=O)OCCCCCCCCCCCCCCCCCCC(=O)NC(CO)C(O)CCCCCCCCCCCCCCCCCCCCCCCCC. The van der Waals surface area contributed by atoms with Crippen molar-refractivity contribution in [2.45, 2.75) is 379 Å². The molecule has 422 valence electrons. The van der Waals surface area contributed by atoms with Gasteiger partial charge in [0.2, 0.25) is 5.91 Å². The molecular formula is C65H127NO5. The predicted molar refractivity (Wildman–Crippen MR) is 310 cm³/mol. The van der Waals surface area contributed by atoms with Crippen molar-refractivity contribution in [3.63, 3.8) is 0 Å². The second-order valence-corrected chi connectivity index (χ2v) is 22.5. The molecular weight excluding hydrogens is 875 g/mol.